The highest BCUT2D eigenvalue weighted by molar-refractivity contribution is 5.88. The van der Waals surface area contributed by atoms with Crippen molar-refractivity contribution in [3.05, 3.63) is 12.2 Å². The third-order valence-corrected chi connectivity index (χ3v) is 10.2. The average molecular weight is 415 g/mol. The molecule has 0 aromatic heterocycles. The van der Waals surface area contributed by atoms with Gasteiger partial charge in [-0.15, -0.1) is 0 Å². The average Bonchev–Trinajstić information content (AvgIpc) is 3.25. The van der Waals surface area contributed by atoms with Crippen LogP contribution in [0, 0.1) is 28.6 Å². The molecule has 5 nitrogen and oxygen atoms in total. The molecule has 5 heteroatoms. The molecule has 166 valence electrons. The van der Waals surface area contributed by atoms with Crippen molar-refractivity contribution in [1.82, 2.24) is 0 Å². The Bertz CT molecular complexity index is 793. The molecule has 5 fully saturated rings. The summed E-state index contributed by atoms with van der Waals surface area (Å²) < 4.78 is 0. The number of rotatable bonds is 2. The molecule has 0 amide bonds. The number of carbonyl (C=O) groups is 1. The van der Waals surface area contributed by atoms with Crippen molar-refractivity contribution in [3.8, 4) is 0 Å². The predicted molar refractivity (Wildman–Crippen MR) is 117 cm³/mol. The van der Waals surface area contributed by atoms with Gasteiger partial charge in [-0.1, -0.05) is 25.6 Å². The first-order valence-electron chi connectivity index (χ1n) is 12.1. The second kappa shape index (κ2) is 6.90. The smallest absolute Gasteiger partial charge is 0.142 e. The van der Waals surface area contributed by atoms with Crippen molar-refractivity contribution in [2.75, 3.05) is 0 Å². The van der Waals surface area contributed by atoms with Crippen LogP contribution in [0.25, 0.3) is 0 Å². The maximum Gasteiger partial charge on any atom is 0.142 e. The van der Waals surface area contributed by atoms with Crippen LogP contribution in [0.4, 0.5) is 0 Å². The summed E-state index contributed by atoms with van der Waals surface area (Å²) in [4.78, 5) is 18.5. The molecule has 0 heterocycles. The van der Waals surface area contributed by atoms with E-state index in [1.165, 1.54) is 0 Å². The van der Waals surface area contributed by atoms with Gasteiger partial charge in [-0.25, -0.2) is 0 Å². The van der Waals surface area contributed by atoms with Crippen molar-refractivity contribution < 1.29 is 14.7 Å². The minimum absolute atomic E-state index is 0.00955. The normalized spacial score (nSPS) is 52.1. The molecule has 2 unspecified atom stereocenters. The summed E-state index contributed by atoms with van der Waals surface area (Å²) >= 11 is 0. The highest BCUT2D eigenvalue weighted by Gasteiger charge is 2.65. The molecule has 5 aliphatic carbocycles. The van der Waals surface area contributed by atoms with Crippen molar-refractivity contribution in [2.45, 2.75) is 102 Å². The highest BCUT2D eigenvalue weighted by Crippen LogP contribution is 2.67. The van der Waals surface area contributed by atoms with E-state index in [2.05, 4.69) is 25.6 Å². The van der Waals surface area contributed by atoms with Gasteiger partial charge in [0.05, 0.1) is 11.3 Å². The lowest BCUT2D eigenvalue weighted by Crippen LogP contribution is -2.63. The van der Waals surface area contributed by atoms with E-state index in [0.717, 1.165) is 75.5 Å². The number of nitrogens with two attached hydrogens (primary N) is 1. The van der Waals surface area contributed by atoms with E-state index in [9.17, 15) is 9.90 Å². The van der Waals surface area contributed by atoms with E-state index in [1.54, 1.807) is 0 Å². The predicted octanol–water partition coefficient (Wildman–Crippen LogP) is 4.13. The number of aliphatic hydroxyl groups is 1. The minimum atomic E-state index is -0.928. The molecule has 0 aliphatic heterocycles. The molecule has 0 spiro atoms. The van der Waals surface area contributed by atoms with Crippen LogP contribution in [-0.4, -0.2) is 34.3 Å². The Morgan fingerprint density at radius 3 is 2.67 bits per heavy atom. The van der Waals surface area contributed by atoms with Crippen LogP contribution in [0.3, 0.4) is 0 Å². The number of Topliss-reactive ketones (excluding diaryl/α,β-unsaturated/α-hetero) is 1. The summed E-state index contributed by atoms with van der Waals surface area (Å²) in [5.74, 6) is 1.83. The molecule has 8 atom stereocenters. The van der Waals surface area contributed by atoms with Crippen LogP contribution in [-0.2, 0) is 9.63 Å². The molecule has 5 saturated carbocycles. The lowest BCUT2D eigenvalue weighted by Gasteiger charge is -2.63. The maximum atomic E-state index is 12.6. The number of hydrogen-bond acceptors (Lipinski definition) is 5. The summed E-state index contributed by atoms with van der Waals surface area (Å²) in [6, 6.07) is 0.0716. The molecule has 0 aromatic carbocycles. The van der Waals surface area contributed by atoms with Crippen LogP contribution in [0.1, 0.15) is 84.5 Å². The molecular weight excluding hydrogens is 376 g/mol. The lowest BCUT2D eigenvalue weighted by atomic mass is 9.43. The number of oxime groups is 1. The first kappa shape index (κ1) is 20.7. The van der Waals surface area contributed by atoms with Crippen LogP contribution >= 0.6 is 0 Å². The second-order valence-corrected chi connectivity index (χ2v) is 11.5. The summed E-state index contributed by atoms with van der Waals surface area (Å²) in [5, 5.41) is 16.5. The fraction of sp³-hybridized carbons (Fsp3) is 0.840. The quantitative estimate of drug-likeness (QED) is 0.525. The van der Waals surface area contributed by atoms with Gasteiger partial charge in [0.2, 0.25) is 0 Å². The Kier molecular flexibility index (Phi) is 4.76. The van der Waals surface area contributed by atoms with Crippen molar-refractivity contribution in [1.29, 1.82) is 0 Å². The third-order valence-electron chi connectivity index (χ3n) is 10.2. The third kappa shape index (κ3) is 2.73. The van der Waals surface area contributed by atoms with E-state index in [-0.39, 0.29) is 23.0 Å². The van der Waals surface area contributed by atoms with E-state index < -0.39 is 5.60 Å². The molecular formula is C25H38N2O3. The van der Waals surface area contributed by atoms with Gasteiger partial charge in [0.15, 0.2) is 0 Å². The molecule has 0 saturated heterocycles. The zero-order valence-electron chi connectivity index (χ0n) is 18.7. The summed E-state index contributed by atoms with van der Waals surface area (Å²) in [7, 11) is 0. The Morgan fingerprint density at radius 1 is 1.13 bits per heavy atom. The monoisotopic (exact) mass is 414 g/mol. The summed E-state index contributed by atoms with van der Waals surface area (Å²) in [6.07, 6.45) is 9.95. The zero-order valence-corrected chi connectivity index (χ0v) is 18.7. The van der Waals surface area contributed by atoms with E-state index >= 15 is 0 Å². The van der Waals surface area contributed by atoms with Crippen molar-refractivity contribution in [3.63, 3.8) is 0 Å². The first-order valence-corrected chi connectivity index (χ1v) is 12.1. The van der Waals surface area contributed by atoms with Gasteiger partial charge in [-0.2, -0.15) is 0 Å². The van der Waals surface area contributed by atoms with Crippen molar-refractivity contribution in [2.24, 2.45) is 39.5 Å². The van der Waals surface area contributed by atoms with Crippen molar-refractivity contribution >= 4 is 11.5 Å². The zero-order chi connectivity index (χ0) is 21.3. The van der Waals surface area contributed by atoms with Gasteiger partial charge in [0.25, 0.3) is 0 Å². The highest BCUT2D eigenvalue weighted by atomic mass is 16.6. The summed E-state index contributed by atoms with van der Waals surface area (Å²) in [6.45, 7) is 8.87. The fourth-order valence-electron chi connectivity index (χ4n) is 8.11. The molecule has 0 bridgehead atoms. The number of fused-ring (bicyclic) bond motifs is 5. The van der Waals surface area contributed by atoms with Gasteiger partial charge in [-0.05, 0) is 81.1 Å². The Balaban J connectivity index is 1.39. The Hall–Kier alpha value is -1.20. The molecule has 5 aliphatic rings. The van der Waals surface area contributed by atoms with Gasteiger partial charge in [0, 0.05) is 29.7 Å². The maximum absolute atomic E-state index is 12.6. The largest absolute Gasteiger partial charge is 0.391 e. The van der Waals surface area contributed by atoms with Gasteiger partial charge >= 0.3 is 0 Å². The number of carbonyl (C=O) groups excluding carboxylic acids is 1. The minimum Gasteiger partial charge on any atom is -0.391 e. The topological polar surface area (TPSA) is 84.9 Å². The Morgan fingerprint density at radius 2 is 1.93 bits per heavy atom. The van der Waals surface area contributed by atoms with Gasteiger partial charge < -0.3 is 15.7 Å². The SMILES string of the molecule is C=C1C[C@H]2[C@@H]3CCC(=O)[C@@]3(C)CC[C@@H]2[C@@]2(C)CC/C(=N/OC3CCCC3N)C[C@]12O. The Labute approximate surface area is 180 Å². The molecule has 30 heavy (non-hydrogen) atoms. The van der Waals surface area contributed by atoms with E-state index in [4.69, 9.17) is 10.6 Å². The second-order valence-electron chi connectivity index (χ2n) is 11.5. The molecule has 5 rings (SSSR count). The standard InChI is InChI=1S/C25H38N2O3/c1-15-13-17-18-7-8-22(28)23(18,2)11-10-19(17)24(3)12-9-16(14-25(15,24)29)27-30-21-6-4-5-20(21)26/h17-21,29H,1,4-14,26H2,2-3H3/b27-16-/t17-,18-,19-,20?,21?,23-,24+,25-/m0/s1. The molecule has 3 N–H and O–H groups in total. The molecule has 0 aromatic rings. The molecule has 0 radical (unpaired) electrons. The van der Waals surface area contributed by atoms with Crippen LogP contribution in [0.15, 0.2) is 17.3 Å². The van der Waals surface area contributed by atoms with Gasteiger partial charge in [-0.3, -0.25) is 4.79 Å². The fourth-order valence-corrected chi connectivity index (χ4v) is 8.11. The van der Waals surface area contributed by atoms with Gasteiger partial charge in [0.1, 0.15) is 11.9 Å². The van der Waals surface area contributed by atoms with Crippen LogP contribution in [0.5, 0.6) is 0 Å². The van der Waals surface area contributed by atoms with E-state index in [1.807, 2.05) is 0 Å². The number of nitrogens with zero attached hydrogens (tertiary/aromatic N) is 1. The number of ketones is 1. The first-order chi connectivity index (χ1) is 14.2. The van der Waals surface area contributed by atoms with Crippen LogP contribution in [0.2, 0.25) is 0 Å². The van der Waals surface area contributed by atoms with Crippen LogP contribution < -0.4 is 5.73 Å². The summed E-state index contributed by atoms with van der Waals surface area (Å²) in [5.41, 5.74) is 6.73. The lowest BCUT2D eigenvalue weighted by molar-refractivity contribution is -0.161. The number of hydrogen-bond donors (Lipinski definition) is 2. The van der Waals surface area contributed by atoms with E-state index in [0.29, 0.717) is 30.0 Å².